The highest BCUT2D eigenvalue weighted by atomic mass is 32.2. The van der Waals surface area contributed by atoms with Crippen LogP contribution in [0.5, 0.6) is 0 Å². The summed E-state index contributed by atoms with van der Waals surface area (Å²) >= 11 is 1.39. The molecule has 0 bridgehead atoms. The second-order valence-electron chi connectivity index (χ2n) is 5.63. The van der Waals surface area contributed by atoms with Gasteiger partial charge in [-0.1, -0.05) is 59.4 Å². The molecule has 0 aliphatic rings. The number of sulfonamides is 1. The molecule has 0 amide bonds. The predicted molar refractivity (Wildman–Crippen MR) is 101 cm³/mol. The lowest BCUT2D eigenvalue weighted by molar-refractivity contribution is 0.597. The standard InChI is InChI=1S/C17H18N4O2S2/c1-11-7-8-15(25(19,22)23)13(9-11)10-14-16(20-17(21-18)24-14)12-5-3-2-4-6-12/h2-9H,10,18H2,1H3,(H,20,21)(H2,19,22,23). The zero-order valence-electron chi connectivity index (χ0n) is 13.6. The quantitative estimate of drug-likeness (QED) is 0.470. The Morgan fingerprint density at radius 1 is 1.16 bits per heavy atom. The Bertz CT molecular complexity index is 999. The molecule has 25 heavy (non-hydrogen) atoms. The highest BCUT2D eigenvalue weighted by Crippen LogP contribution is 2.33. The first-order valence-electron chi connectivity index (χ1n) is 7.52. The molecule has 2 aromatic carbocycles. The Morgan fingerprint density at radius 2 is 1.88 bits per heavy atom. The van der Waals surface area contributed by atoms with Crippen LogP contribution < -0.4 is 16.4 Å². The van der Waals surface area contributed by atoms with E-state index in [1.165, 1.54) is 11.3 Å². The van der Waals surface area contributed by atoms with Crippen molar-refractivity contribution in [2.45, 2.75) is 18.2 Å². The zero-order chi connectivity index (χ0) is 18.0. The summed E-state index contributed by atoms with van der Waals surface area (Å²) in [5.74, 6) is 5.51. The Balaban J connectivity index is 2.11. The summed E-state index contributed by atoms with van der Waals surface area (Å²) in [5.41, 5.74) is 5.90. The first-order valence-corrected chi connectivity index (χ1v) is 9.89. The van der Waals surface area contributed by atoms with E-state index in [0.717, 1.165) is 21.7 Å². The first kappa shape index (κ1) is 17.6. The van der Waals surface area contributed by atoms with Gasteiger partial charge in [-0.2, -0.15) is 0 Å². The Labute approximate surface area is 150 Å². The highest BCUT2D eigenvalue weighted by Gasteiger charge is 2.18. The lowest BCUT2D eigenvalue weighted by Gasteiger charge is -2.09. The van der Waals surface area contributed by atoms with Crippen LogP contribution in [-0.2, 0) is 16.4 Å². The fourth-order valence-electron chi connectivity index (χ4n) is 2.65. The number of nitrogen functional groups attached to an aromatic ring is 1. The van der Waals surface area contributed by atoms with Crippen molar-refractivity contribution in [3.63, 3.8) is 0 Å². The molecule has 1 heterocycles. The van der Waals surface area contributed by atoms with Crippen molar-refractivity contribution in [1.29, 1.82) is 0 Å². The van der Waals surface area contributed by atoms with E-state index in [0.29, 0.717) is 17.1 Å². The first-order chi connectivity index (χ1) is 11.9. The van der Waals surface area contributed by atoms with E-state index in [9.17, 15) is 8.42 Å². The number of primary sulfonamides is 1. The SMILES string of the molecule is Cc1ccc(S(N)(=O)=O)c(Cc2sc(NN)nc2-c2ccccc2)c1. The summed E-state index contributed by atoms with van der Waals surface area (Å²) < 4.78 is 23.8. The minimum atomic E-state index is -3.80. The van der Waals surface area contributed by atoms with Gasteiger partial charge in [-0.25, -0.2) is 24.4 Å². The van der Waals surface area contributed by atoms with Crippen molar-refractivity contribution in [1.82, 2.24) is 4.98 Å². The number of nitrogens with one attached hydrogen (secondary N) is 1. The van der Waals surface area contributed by atoms with Gasteiger partial charge >= 0.3 is 0 Å². The van der Waals surface area contributed by atoms with Gasteiger partial charge in [0, 0.05) is 16.9 Å². The number of benzene rings is 2. The third-order valence-corrected chi connectivity index (χ3v) is 5.74. The molecule has 3 rings (SSSR count). The van der Waals surface area contributed by atoms with Gasteiger partial charge in [0.15, 0.2) is 5.13 Å². The molecule has 5 N–H and O–H groups in total. The van der Waals surface area contributed by atoms with Gasteiger partial charge in [0.2, 0.25) is 10.0 Å². The third-order valence-electron chi connectivity index (χ3n) is 3.74. The van der Waals surface area contributed by atoms with E-state index in [2.05, 4.69) is 10.4 Å². The molecule has 0 fully saturated rings. The number of aryl methyl sites for hydroxylation is 1. The maximum atomic E-state index is 11.9. The predicted octanol–water partition coefficient (Wildman–Crippen LogP) is 2.64. The second-order valence-corrected chi connectivity index (χ2v) is 8.25. The van der Waals surface area contributed by atoms with Gasteiger partial charge in [-0.3, -0.25) is 5.43 Å². The van der Waals surface area contributed by atoms with Crippen LogP contribution in [0.1, 0.15) is 16.0 Å². The van der Waals surface area contributed by atoms with Crippen LogP contribution in [0.25, 0.3) is 11.3 Å². The van der Waals surface area contributed by atoms with Crippen LogP contribution in [0.2, 0.25) is 0 Å². The molecular formula is C17H18N4O2S2. The lowest BCUT2D eigenvalue weighted by atomic mass is 10.0. The molecule has 130 valence electrons. The molecule has 3 aromatic rings. The molecule has 0 unspecified atom stereocenters. The van der Waals surface area contributed by atoms with E-state index >= 15 is 0 Å². The summed E-state index contributed by atoms with van der Waals surface area (Å²) in [5, 5.41) is 5.94. The van der Waals surface area contributed by atoms with E-state index in [-0.39, 0.29) is 4.90 Å². The third kappa shape index (κ3) is 3.88. The number of aromatic nitrogens is 1. The monoisotopic (exact) mass is 374 g/mol. The van der Waals surface area contributed by atoms with Crippen LogP contribution in [0.3, 0.4) is 0 Å². The maximum Gasteiger partial charge on any atom is 0.238 e. The van der Waals surface area contributed by atoms with Crippen LogP contribution in [0, 0.1) is 6.92 Å². The fourth-order valence-corrected chi connectivity index (χ4v) is 4.32. The topological polar surface area (TPSA) is 111 Å². The molecule has 0 aliphatic heterocycles. The molecule has 1 aromatic heterocycles. The van der Waals surface area contributed by atoms with E-state index in [1.807, 2.05) is 43.3 Å². The van der Waals surface area contributed by atoms with Crippen molar-refractivity contribution >= 4 is 26.5 Å². The van der Waals surface area contributed by atoms with Crippen molar-refractivity contribution in [2.75, 3.05) is 5.43 Å². The van der Waals surface area contributed by atoms with Crippen molar-refractivity contribution in [2.24, 2.45) is 11.0 Å². The largest absolute Gasteiger partial charge is 0.300 e. The summed E-state index contributed by atoms with van der Waals surface area (Å²) in [7, 11) is -3.80. The van der Waals surface area contributed by atoms with E-state index in [1.54, 1.807) is 12.1 Å². The number of hydrogen-bond acceptors (Lipinski definition) is 6. The molecule has 0 radical (unpaired) electrons. The fraction of sp³-hybridized carbons (Fsp3) is 0.118. The summed E-state index contributed by atoms with van der Waals surface area (Å²) in [6.45, 7) is 1.91. The number of hydrogen-bond donors (Lipinski definition) is 3. The maximum absolute atomic E-state index is 11.9. The zero-order valence-corrected chi connectivity index (χ0v) is 15.2. The van der Waals surface area contributed by atoms with E-state index in [4.69, 9.17) is 11.0 Å². The van der Waals surface area contributed by atoms with Crippen LogP contribution in [0.15, 0.2) is 53.4 Å². The number of hydrazine groups is 1. The van der Waals surface area contributed by atoms with Gasteiger partial charge in [0.1, 0.15) is 0 Å². The minimum absolute atomic E-state index is 0.132. The van der Waals surface area contributed by atoms with Crippen LogP contribution in [-0.4, -0.2) is 13.4 Å². The van der Waals surface area contributed by atoms with Gasteiger partial charge in [0.05, 0.1) is 10.6 Å². The number of nitrogens with two attached hydrogens (primary N) is 2. The van der Waals surface area contributed by atoms with Crippen LogP contribution >= 0.6 is 11.3 Å². The van der Waals surface area contributed by atoms with Gasteiger partial charge in [-0.15, -0.1) is 0 Å². The summed E-state index contributed by atoms with van der Waals surface area (Å²) in [6, 6.07) is 14.8. The van der Waals surface area contributed by atoms with Gasteiger partial charge in [0.25, 0.3) is 0 Å². The second kappa shape index (κ2) is 6.93. The Kier molecular flexibility index (Phi) is 4.87. The van der Waals surface area contributed by atoms with Crippen molar-refractivity contribution in [3.8, 4) is 11.3 Å². The van der Waals surface area contributed by atoms with Crippen molar-refractivity contribution in [3.05, 3.63) is 64.5 Å². The van der Waals surface area contributed by atoms with Crippen molar-refractivity contribution < 1.29 is 8.42 Å². The molecular weight excluding hydrogens is 356 g/mol. The smallest absolute Gasteiger partial charge is 0.238 e. The molecule has 0 atom stereocenters. The van der Waals surface area contributed by atoms with Crippen LogP contribution in [0.4, 0.5) is 5.13 Å². The van der Waals surface area contributed by atoms with Gasteiger partial charge < -0.3 is 0 Å². The molecule has 0 aliphatic carbocycles. The number of rotatable bonds is 5. The number of anilines is 1. The summed E-state index contributed by atoms with van der Waals surface area (Å²) in [6.07, 6.45) is 0.400. The Hall–Kier alpha value is -2.26. The average molecular weight is 374 g/mol. The Morgan fingerprint density at radius 3 is 2.52 bits per heavy atom. The number of nitrogens with zero attached hydrogens (tertiary/aromatic N) is 1. The lowest BCUT2D eigenvalue weighted by Crippen LogP contribution is -2.14. The van der Waals surface area contributed by atoms with Gasteiger partial charge in [-0.05, 0) is 18.6 Å². The minimum Gasteiger partial charge on any atom is -0.300 e. The molecule has 0 spiro atoms. The molecule has 8 heteroatoms. The molecule has 0 saturated carbocycles. The molecule has 0 saturated heterocycles. The normalized spacial score (nSPS) is 11.5. The average Bonchev–Trinajstić information content (AvgIpc) is 2.97. The van der Waals surface area contributed by atoms with E-state index < -0.39 is 10.0 Å². The highest BCUT2D eigenvalue weighted by molar-refractivity contribution is 7.89. The number of thiazole rings is 1. The summed E-state index contributed by atoms with van der Waals surface area (Å²) in [4.78, 5) is 5.55. The molecule has 6 nitrogen and oxygen atoms in total.